The summed E-state index contributed by atoms with van der Waals surface area (Å²) < 4.78 is 7.20. The fourth-order valence-corrected chi connectivity index (χ4v) is 2.65. The number of hydrogen-bond donors (Lipinski definition) is 1. The molecule has 0 bridgehead atoms. The Bertz CT molecular complexity index is 568. The van der Waals surface area contributed by atoms with Crippen molar-refractivity contribution in [3.05, 3.63) is 25.0 Å². The first-order chi connectivity index (χ1) is 10.8. The normalized spacial score (nSPS) is 16.0. The molecule has 3 rings (SSSR count). The first-order valence-electron chi connectivity index (χ1n) is 7.48. The molecule has 0 spiro atoms. The largest absolute Gasteiger partial charge is 0.474 e. The van der Waals surface area contributed by atoms with Gasteiger partial charge in [-0.15, -0.1) is 0 Å². The third kappa shape index (κ3) is 3.70. The van der Waals surface area contributed by atoms with Crippen LogP contribution in [0.3, 0.4) is 0 Å². The third-order valence-electron chi connectivity index (χ3n) is 3.79. The van der Waals surface area contributed by atoms with Gasteiger partial charge in [0.25, 0.3) is 0 Å². The van der Waals surface area contributed by atoms with E-state index in [2.05, 4.69) is 25.0 Å². The molecule has 0 radical (unpaired) electrons. The van der Waals surface area contributed by atoms with E-state index < -0.39 is 0 Å². The van der Waals surface area contributed by atoms with Crippen molar-refractivity contribution in [2.24, 2.45) is 5.92 Å². The summed E-state index contributed by atoms with van der Waals surface area (Å²) in [5, 5.41) is 12.9. The van der Waals surface area contributed by atoms with Crippen molar-refractivity contribution < 1.29 is 9.84 Å². The summed E-state index contributed by atoms with van der Waals surface area (Å²) in [5.41, 5.74) is 0. The Morgan fingerprint density at radius 2 is 2.09 bits per heavy atom. The van der Waals surface area contributed by atoms with Gasteiger partial charge in [0.1, 0.15) is 19.3 Å². The lowest BCUT2D eigenvalue weighted by Gasteiger charge is -2.32. The van der Waals surface area contributed by atoms with Crippen molar-refractivity contribution in [3.63, 3.8) is 0 Å². The molecular weight excluding hydrogens is 284 g/mol. The van der Waals surface area contributed by atoms with Crippen LogP contribution in [0.15, 0.2) is 25.0 Å². The van der Waals surface area contributed by atoms with Gasteiger partial charge in [-0.25, -0.2) is 4.98 Å². The molecule has 8 nitrogen and oxygen atoms in total. The topological polar surface area (TPSA) is 89.2 Å². The maximum absolute atomic E-state index is 8.79. The van der Waals surface area contributed by atoms with Gasteiger partial charge < -0.3 is 14.7 Å². The first-order valence-corrected chi connectivity index (χ1v) is 7.48. The van der Waals surface area contributed by atoms with Gasteiger partial charge in [0.2, 0.25) is 5.88 Å². The number of hydrogen-bond acceptors (Lipinski definition) is 7. The molecule has 0 unspecified atom stereocenters. The zero-order valence-electron chi connectivity index (χ0n) is 12.4. The predicted octanol–water partition coefficient (Wildman–Crippen LogP) is 0.356. The monoisotopic (exact) mass is 304 g/mol. The van der Waals surface area contributed by atoms with Crippen LogP contribution in [0.5, 0.6) is 5.88 Å². The highest BCUT2D eigenvalue weighted by Gasteiger charge is 2.21. The van der Waals surface area contributed by atoms with E-state index in [0.29, 0.717) is 11.8 Å². The van der Waals surface area contributed by atoms with Crippen molar-refractivity contribution in [3.8, 4) is 5.88 Å². The van der Waals surface area contributed by atoms with Crippen LogP contribution in [0.1, 0.15) is 12.8 Å². The average molecular weight is 304 g/mol. The Morgan fingerprint density at radius 1 is 1.23 bits per heavy atom. The van der Waals surface area contributed by atoms with Crippen LogP contribution in [0, 0.1) is 5.92 Å². The van der Waals surface area contributed by atoms with Crippen molar-refractivity contribution in [2.45, 2.75) is 19.4 Å². The van der Waals surface area contributed by atoms with Crippen molar-refractivity contribution in [1.82, 2.24) is 24.7 Å². The number of rotatable bonds is 6. The zero-order valence-corrected chi connectivity index (χ0v) is 12.4. The van der Waals surface area contributed by atoms with Crippen LogP contribution in [0.4, 0.5) is 5.82 Å². The van der Waals surface area contributed by atoms with Gasteiger partial charge in [0.05, 0.1) is 19.0 Å². The molecule has 1 saturated heterocycles. The first kappa shape index (κ1) is 14.7. The van der Waals surface area contributed by atoms with E-state index in [-0.39, 0.29) is 13.2 Å². The Morgan fingerprint density at radius 3 is 2.82 bits per heavy atom. The van der Waals surface area contributed by atoms with E-state index in [1.807, 2.05) is 4.68 Å². The van der Waals surface area contributed by atoms with E-state index in [1.165, 1.54) is 0 Å². The SMILES string of the molecule is OCCOc1cncc(N2CCC(Cn3cncn3)CC2)n1. The number of aliphatic hydroxyl groups excluding tert-OH is 1. The van der Waals surface area contributed by atoms with E-state index in [4.69, 9.17) is 9.84 Å². The Labute approximate surface area is 128 Å². The van der Waals surface area contributed by atoms with Gasteiger partial charge in [-0.1, -0.05) is 0 Å². The second kappa shape index (κ2) is 7.17. The smallest absolute Gasteiger partial charge is 0.234 e. The molecule has 1 fully saturated rings. The van der Waals surface area contributed by atoms with Crippen LogP contribution in [-0.4, -0.2) is 56.1 Å². The van der Waals surface area contributed by atoms with Crippen molar-refractivity contribution in [1.29, 1.82) is 0 Å². The molecule has 2 aromatic rings. The molecule has 118 valence electrons. The van der Waals surface area contributed by atoms with Crippen LogP contribution in [0.2, 0.25) is 0 Å². The van der Waals surface area contributed by atoms with Gasteiger partial charge in [-0.05, 0) is 18.8 Å². The molecular formula is C14H20N6O2. The van der Waals surface area contributed by atoms with Crippen LogP contribution >= 0.6 is 0 Å². The summed E-state index contributed by atoms with van der Waals surface area (Å²) in [4.78, 5) is 14.8. The lowest BCUT2D eigenvalue weighted by Crippen LogP contribution is -2.35. The number of nitrogens with zero attached hydrogens (tertiary/aromatic N) is 6. The number of anilines is 1. The number of piperidine rings is 1. The van der Waals surface area contributed by atoms with Crippen LogP contribution in [0.25, 0.3) is 0 Å². The van der Waals surface area contributed by atoms with Gasteiger partial charge >= 0.3 is 0 Å². The van der Waals surface area contributed by atoms with E-state index >= 15 is 0 Å². The quantitative estimate of drug-likeness (QED) is 0.824. The molecule has 0 amide bonds. The van der Waals surface area contributed by atoms with E-state index in [0.717, 1.165) is 38.3 Å². The summed E-state index contributed by atoms with van der Waals surface area (Å²) in [7, 11) is 0. The fraction of sp³-hybridized carbons (Fsp3) is 0.571. The second-order valence-electron chi connectivity index (χ2n) is 5.34. The molecule has 0 atom stereocenters. The summed E-state index contributed by atoms with van der Waals surface area (Å²) in [6, 6.07) is 0. The van der Waals surface area contributed by atoms with E-state index in [1.54, 1.807) is 25.0 Å². The van der Waals surface area contributed by atoms with Crippen molar-refractivity contribution in [2.75, 3.05) is 31.2 Å². The maximum Gasteiger partial charge on any atom is 0.234 e. The number of ether oxygens (including phenoxy) is 1. The summed E-state index contributed by atoms with van der Waals surface area (Å²) in [6.45, 7) is 3.01. The molecule has 1 aliphatic heterocycles. The highest BCUT2D eigenvalue weighted by molar-refractivity contribution is 5.37. The summed E-state index contributed by atoms with van der Waals surface area (Å²) >= 11 is 0. The predicted molar refractivity (Wildman–Crippen MR) is 79.6 cm³/mol. The minimum Gasteiger partial charge on any atom is -0.474 e. The minimum atomic E-state index is -0.0282. The van der Waals surface area contributed by atoms with Gasteiger partial charge in [0, 0.05) is 19.6 Å². The van der Waals surface area contributed by atoms with Gasteiger partial charge in [-0.3, -0.25) is 9.67 Å². The lowest BCUT2D eigenvalue weighted by atomic mass is 9.97. The zero-order chi connectivity index (χ0) is 15.2. The lowest BCUT2D eigenvalue weighted by molar-refractivity contribution is 0.196. The van der Waals surface area contributed by atoms with Crippen LogP contribution in [-0.2, 0) is 6.54 Å². The number of aliphatic hydroxyl groups is 1. The van der Waals surface area contributed by atoms with Gasteiger partial charge in [-0.2, -0.15) is 10.1 Å². The fourth-order valence-electron chi connectivity index (χ4n) is 2.65. The average Bonchev–Trinajstić information content (AvgIpc) is 3.07. The molecule has 2 aromatic heterocycles. The molecule has 0 aromatic carbocycles. The molecule has 8 heteroatoms. The van der Waals surface area contributed by atoms with Crippen LogP contribution < -0.4 is 9.64 Å². The molecule has 0 aliphatic carbocycles. The minimum absolute atomic E-state index is 0.0282. The Hall–Kier alpha value is -2.22. The third-order valence-corrected chi connectivity index (χ3v) is 3.79. The molecule has 1 aliphatic rings. The van der Waals surface area contributed by atoms with Gasteiger partial charge in [0.15, 0.2) is 5.82 Å². The summed E-state index contributed by atoms with van der Waals surface area (Å²) in [5.74, 6) is 1.89. The Balaban J connectivity index is 1.54. The highest BCUT2D eigenvalue weighted by atomic mass is 16.5. The highest BCUT2D eigenvalue weighted by Crippen LogP contribution is 2.23. The molecule has 1 N–H and O–H groups in total. The van der Waals surface area contributed by atoms with Crippen molar-refractivity contribution >= 4 is 5.82 Å². The molecule has 0 saturated carbocycles. The number of aromatic nitrogens is 5. The summed E-state index contributed by atoms with van der Waals surface area (Å²) in [6.07, 6.45) is 8.83. The van der Waals surface area contributed by atoms with E-state index in [9.17, 15) is 0 Å². The standard InChI is InChI=1S/C14H20N6O2/c21-5-6-22-14-8-15-7-13(18-14)19-3-1-12(2-4-19)9-20-11-16-10-17-20/h7-8,10-12,21H,1-6,9H2. The molecule has 3 heterocycles. The second-order valence-corrected chi connectivity index (χ2v) is 5.34. The maximum atomic E-state index is 8.79. The molecule has 22 heavy (non-hydrogen) atoms. The Kier molecular flexibility index (Phi) is 4.79.